The summed E-state index contributed by atoms with van der Waals surface area (Å²) >= 11 is 0. The molecule has 0 bridgehead atoms. The quantitative estimate of drug-likeness (QED) is 0.859. The van der Waals surface area contributed by atoms with E-state index in [0.717, 1.165) is 37.7 Å². The molecule has 1 aromatic carbocycles. The number of rotatable bonds is 2. The Kier molecular flexibility index (Phi) is 3.84. The fourth-order valence-corrected chi connectivity index (χ4v) is 2.85. The summed E-state index contributed by atoms with van der Waals surface area (Å²) in [6.45, 7) is 5.84. The van der Waals surface area contributed by atoms with Crippen molar-refractivity contribution in [1.29, 1.82) is 5.26 Å². The maximum absolute atomic E-state index is 8.83. The summed E-state index contributed by atoms with van der Waals surface area (Å²) in [5.74, 6) is 0.938. The van der Waals surface area contributed by atoms with Gasteiger partial charge in [0.2, 0.25) is 0 Å². The molecule has 1 fully saturated rings. The van der Waals surface area contributed by atoms with Crippen molar-refractivity contribution in [2.24, 2.45) is 0 Å². The molecule has 0 unspecified atom stereocenters. The molecular weight excluding hydrogens is 274 g/mol. The fraction of sp³-hybridized carbons (Fsp3) is 0.294. The zero-order chi connectivity index (χ0) is 15.5. The van der Waals surface area contributed by atoms with Crippen molar-refractivity contribution in [2.75, 3.05) is 41.7 Å². The summed E-state index contributed by atoms with van der Waals surface area (Å²) in [7, 11) is 0. The number of piperazine rings is 1. The van der Waals surface area contributed by atoms with Crippen LogP contribution in [0.3, 0.4) is 0 Å². The normalized spacial score (nSPS) is 14.7. The molecule has 2 aromatic rings. The first kappa shape index (κ1) is 14.2. The van der Waals surface area contributed by atoms with Crippen LogP contribution in [0.1, 0.15) is 11.1 Å². The topological polar surface area (TPSA) is 69.2 Å². The standard InChI is InChI=1S/C17H19N5/c1-13-10-15(19)3-4-16(13)21-6-8-22(9-7-21)17-5-2-14(11-18)12-20-17/h2-5,10,12H,6-9,19H2,1H3. The van der Waals surface area contributed by atoms with Crippen molar-refractivity contribution >= 4 is 17.2 Å². The minimum atomic E-state index is 0.597. The number of pyridine rings is 1. The summed E-state index contributed by atoms with van der Waals surface area (Å²) in [5.41, 5.74) is 9.69. The molecular formula is C17H19N5. The van der Waals surface area contributed by atoms with E-state index < -0.39 is 0 Å². The first-order valence-corrected chi connectivity index (χ1v) is 7.39. The lowest BCUT2D eigenvalue weighted by Gasteiger charge is -2.37. The van der Waals surface area contributed by atoms with Gasteiger partial charge in [-0.2, -0.15) is 5.26 Å². The van der Waals surface area contributed by atoms with Gasteiger partial charge in [0.15, 0.2) is 0 Å². The Morgan fingerprint density at radius 2 is 1.82 bits per heavy atom. The third-order valence-corrected chi connectivity index (χ3v) is 4.04. The van der Waals surface area contributed by atoms with Gasteiger partial charge in [-0.25, -0.2) is 4.98 Å². The van der Waals surface area contributed by atoms with Gasteiger partial charge in [-0.1, -0.05) is 0 Å². The minimum Gasteiger partial charge on any atom is -0.399 e. The van der Waals surface area contributed by atoms with Crippen LogP contribution < -0.4 is 15.5 Å². The molecule has 5 heteroatoms. The van der Waals surface area contributed by atoms with Gasteiger partial charge in [0.05, 0.1) is 5.56 Å². The van der Waals surface area contributed by atoms with Gasteiger partial charge < -0.3 is 15.5 Å². The second-order valence-electron chi connectivity index (χ2n) is 5.54. The average molecular weight is 293 g/mol. The van der Waals surface area contributed by atoms with Crippen LogP contribution in [0, 0.1) is 18.3 Å². The Bertz CT molecular complexity index is 694. The van der Waals surface area contributed by atoms with E-state index in [1.165, 1.54) is 11.3 Å². The highest BCUT2D eigenvalue weighted by Crippen LogP contribution is 2.24. The van der Waals surface area contributed by atoms with Crippen LogP contribution in [-0.2, 0) is 0 Å². The molecule has 1 aromatic heterocycles. The zero-order valence-electron chi connectivity index (χ0n) is 12.7. The number of aryl methyl sites for hydroxylation is 1. The Balaban J connectivity index is 1.68. The molecule has 1 saturated heterocycles. The highest BCUT2D eigenvalue weighted by atomic mass is 15.3. The number of benzene rings is 1. The van der Waals surface area contributed by atoms with Gasteiger partial charge >= 0.3 is 0 Å². The molecule has 112 valence electrons. The van der Waals surface area contributed by atoms with Crippen LogP contribution in [-0.4, -0.2) is 31.2 Å². The Hall–Kier alpha value is -2.74. The van der Waals surface area contributed by atoms with E-state index in [-0.39, 0.29) is 0 Å². The van der Waals surface area contributed by atoms with E-state index in [9.17, 15) is 0 Å². The zero-order valence-corrected chi connectivity index (χ0v) is 12.7. The maximum Gasteiger partial charge on any atom is 0.128 e. The number of nitriles is 1. The van der Waals surface area contributed by atoms with Gasteiger partial charge in [0.1, 0.15) is 11.9 Å². The lowest BCUT2D eigenvalue weighted by Crippen LogP contribution is -2.47. The number of hydrogen-bond donors (Lipinski definition) is 1. The summed E-state index contributed by atoms with van der Waals surface area (Å²) in [5, 5.41) is 8.83. The monoisotopic (exact) mass is 293 g/mol. The highest BCUT2D eigenvalue weighted by Gasteiger charge is 2.19. The molecule has 0 atom stereocenters. The van der Waals surface area contributed by atoms with Crippen molar-refractivity contribution in [2.45, 2.75) is 6.92 Å². The lowest BCUT2D eigenvalue weighted by molar-refractivity contribution is 0.646. The number of anilines is 3. The van der Waals surface area contributed by atoms with Crippen LogP contribution in [0.4, 0.5) is 17.2 Å². The number of hydrogen-bond acceptors (Lipinski definition) is 5. The van der Waals surface area contributed by atoms with Crippen molar-refractivity contribution in [1.82, 2.24) is 4.98 Å². The summed E-state index contributed by atoms with van der Waals surface area (Å²) < 4.78 is 0. The van der Waals surface area contributed by atoms with E-state index >= 15 is 0 Å². The lowest BCUT2D eigenvalue weighted by atomic mass is 10.1. The molecule has 0 aliphatic carbocycles. The summed E-state index contributed by atoms with van der Waals surface area (Å²) in [4.78, 5) is 9.01. The number of nitrogens with zero attached hydrogens (tertiary/aromatic N) is 4. The van der Waals surface area contributed by atoms with Crippen molar-refractivity contribution in [3.8, 4) is 6.07 Å². The Morgan fingerprint density at radius 3 is 2.41 bits per heavy atom. The molecule has 0 radical (unpaired) electrons. The van der Waals surface area contributed by atoms with Crippen LogP contribution in [0.5, 0.6) is 0 Å². The van der Waals surface area contributed by atoms with E-state index in [4.69, 9.17) is 11.0 Å². The van der Waals surface area contributed by atoms with Crippen LogP contribution >= 0.6 is 0 Å². The highest BCUT2D eigenvalue weighted by molar-refractivity contribution is 5.60. The van der Waals surface area contributed by atoms with Crippen LogP contribution in [0.15, 0.2) is 36.5 Å². The molecule has 2 heterocycles. The van der Waals surface area contributed by atoms with E-state index in [1.54, 1.807) is 6.20 Å². The molecule has 1 aliphatic heterocycles. The molecule has 5 nitrogen and oxygen atoms in total. The predicted molar refractivity (Wildman–Crippen MR) is 89.0 cm³/mol. The van der Waals surface area contributed by atoms with Crippen molar-refractivity contribution in [3.05, 3.63) is 47.7 Å². The van der Waals surface area contributed by atoms with E-state index in [1.807, 2.05) is 24.3 Å². The third-order valence-electron chi connectivity index (χ3n) is 4.04. The SMILES string of the molecule is Cc1cc(N)ccc1N1CCN(c2ccc(C#N)cn2)CC1. The Morgan fingerprint density at radius 1 is 1.09 bits per heavy atom. The Labute approximate surface area is 130 Å². The number of aromatic nitrogens is 1. The molecule has 0 spiro atoms. The summed E-state index contributed by atoms with van der Waals surface area (Å²) in [6, 6.07) is 11.9. The molecule has 1 aliphatic rings. The van der Waals surface area contributed by atoms with E-state index in [2.05, 4.69) is 33.8 Å². The predicted octanol–water partition coefficient (Wildman–Crippen LogP) is 2.17. The fourth-order valence-electron chi connectivity index (χ4n) is 2.85. The van der Waals surface area contributed by atoms with Crippen LogP contribution in [0.25, 0.3) is 0 Å². The van der Waals surface area contributed by atoms with Gasteiger partial charge in [-0.3, -0.25) is 0 Å². The first-order valence-electron chi connectivity index (χ1n) is 7.39. The van der Waals surface area contributed by atoms with Gasteiger partial charge in [0, 0.05) is 43.8 Å². The molecule has 22 heavy (non-hydrogen) atoms. The smallest absolute Gasteiger partial charge is 0.128 e. The molecule has 0 saturated carbocycles. The largest absolute Gasteiger partial charge is 0.399 e. The second-order valence-corrected chi connectivity index (χ2v) is 5.54. The summed E-state index contributed by atoms with van der Waals surface area (Å²) in [6.07, 6.45) is 1.63. The molecule has 2 N–H and O–H groups in total. The third kappa shape index (κ3) is 2.82. The van der Waals surface area contributed by atoms with Gasteiger partial charge in [-0.05, 0) is 42.8 Å². The molecule has 3 rings (SSSR count). The van der Waals surface area contributed by atoms with Gasteiger partial charge in [0.25, 0.3) is 0 Å². The van der Waals surface area contributed by atoms with E-state index in [0.29, 0.717) is 5.56 Å². The number of nitrogens with two attached hydrogens (primary N) is 1. The minimum absolute atomic E-state index is 0.597. The second kappa shape index (κ2) is 5.94. The van der Waals surface area contributed by atoms with Gasteiger partial charge in [-0.15, -0.1) is 0 Å². The maximum atomic E-state index is 8.83. The number of nitrogen functional groups attached to an aromatic ring is 1. The van der Waals surface area contributed by atoms with Crippen molar-refractivity contribution in [3.63, 3.8) is 0 Å². The average Bonchev–Trinajstić information content (AvgIpc) is 2.55. The van der Waals surface area contributed by atoms with Crippen LogP contribution in [0.2, 0.25) is 0 Å². The molecule has 0 amide bonds. The van der Waals surface area contributed by atoms with Crippen molar-refractivity contribution < 1.29 is 0 Å². The first-order chi connectivity index (χ1) is 10.7.